The number of benzene rings is 2. The zero-order chi connectivity index (χ0) is 31.2. The van der Waals surface area contributed by atoms with Crippen LogP contribution in [0.25, 0.3) is 0 Å². The summed E-state index contributed by atoms with van der Waals surface area (Å²) in [6.45, 7) is 6.20. The quantitative estimate of drug-likeness (QED) is 0.211. The number of sulfonamides is 1. The molecule has 2 atom stereocenters. The molecule has 2 unspecified atom stereocenters. The lowest BCUT2D eigenvalue weighted by Gasteiger charge is -2.23. The lowest BCUT2D eigenvalue weighted by molar-refractivity contribution is 0.205. The number of nitrogens with one attached hydrogen (secondary N) is 1. The van der Waals surface area contributed by atoms with Crippen LogP contribution in [0, 0.1) is 5.82 Å². The topological polar surface area (TPSA) is 98.6 Å². The number of halogens is 2. The van der Waals surface area contributed by atoms with Gasteiger partial charge in [-0.2, -0.15) is 9.40 Å². The van der Waals surface area contributed by atoms with Gasteiger partial charge in [-0.3, -0.25) is 4.98 Å². The first kappa shape index (κ1) is 30.5. The smallest absolute Gasteiger partial charge is 0.244 e. The van der Waals surface area contributed by atoms with E-state index in [0.29, 0.717) is 11.6 Å². The number of hydrogen-bond acceptors (Lipinski definition) is 7. The van der Waals surface area contributed by atoms with Crippen molar-refractivity contribution in [2.45, 2.75) is 75.6 Å². The van der Waals surface area contributed by atoms with Crippen molar-refractivity contribution in [3.8, 4) is 11.5 Å². The van der Waals surface area contributed by atoms with Gasteiger partial charge in [-0.25, -0.2) is 17.5 Å². The summed E-state index contributed by atoms with van der Waals surface area (Å²) < 4.78 is 58.1. The fourth-order valence-electron chi connectivity index (χ4n) is 5.85. The Bertz CT molecular complexity index is 1790. The van der Waals surface area contributed by atoms with Crippen molar-refractivity contribution in [2.24, 2.45) is 0 Å². The van der Waals surface area contributed by atoms with Crippen molar-refractivity contribution in [3.05, 3.63) is 88.0 Å². The van der Waals surface area contributed by atoms with E-state index < -0.39 is 15.8 Å². The number of fused-ring (bicyclic) bond motifs is 1. The molecule has 12 heteroatoms. The summed E-state index contributed by atoms with van der Waals surface area (Å²) in [6, 6.07) is 14.0. The Hall–Kier alpha value is -3.48. The third kappa shape index (κ3) is 5.94. The largest absolute Gasteiger partial charge is 0.497 e. The van der Waals surface area contributed by atoms with Crippen molar-refractivity contribution in [1.82, 2.24) is 19.1 Å². The molecule has 2 aromatic carbocycles. The molecule has 44 heavy (non-hydrogen) atoms. The van der Waals surface area contributed by atoms with E-state index in [4.69, 9.17) is 14.6 Å². The second-order valence-electron chi connectivity index (χ2n) is 12.2. The molecule has 1 saturated carbocycles. The van der Waals surface area contributed by atoms with E-state index in [0.717, 1.165) is 40.7 Å². The van der Waals surface area contributed by atoms with Gasteiger partial charge >= 0.3 is 0 Å². The molecular weight excluding hydrogens is 649 g/mol. The molecule has 0 spiro atoms. The lowest BCUT2D eigenvalue weighted by Crippen LogP contribution is -2.25. The van der Waals surface area contributed by atoms with E-state index in [9.17, 15) is 8.42 Å². The maximum Gasteiger partial charge on any atom is 0.244 e. The number of anilines is 2. The normalized spacial score (nSPS) is 19.6. The number of ether oxygens (including phenoxy) is 2. The third-order valence-corrected chi connectivity index (χ3v) is 10.7. The number of rotatable bonds is 8. The molecule has 0 radical (unpaired) electrons. The molecule has 6 rings (SSSR count). The molecule has 2 aromatic heterocycles. The molecule has 1 N–H and O–H groups in total. The maximum atomic E-state index is 16.0. The van der Waals surface area contributed by atoms with Crippen molar-refractivity contribution in [1.29, 1.82) is 0 Å². The van der Waals surface area contributed by atoms with E-state index in [1.54, 1.807) is 31.6 Å². The van der Waals surface area contributed by atoms with Gasteiger partial charge in [0, 0.05) is 36.8 Å². The van der Waals surface area contributed by atoms with Crippen LogP contribution in [-0.2, 0) is 28.7 Å². The fraction of sp³-hybridized carbons (Fsp3) is 0.375. The van der Waals surface area contributed by atoms with Crippen LogP contribution in [0.3, 0.4) is 0 Å². The van der Waals surface area contributed by atoms with Crippen LogP contribution < -0.4 is 14.8 Å². The van der Waals surface area contributed by atoms with Gasteiger partial charge in [0.25, 0.3) is 0 Å². The van der Waals surface area contributed by atoms with Crippen LogP contribution in [0.5, 0.6) is 11.5 Å². The van der Waals surface area contributed by atoms with Gasteiger partial charge in [0.15, 0.2) is 11.6 Å². The Morgan fingerprint density at radius 2 is 1.89 bits per heavy atom. The summed E-state index contributed by atoms with van der Waals surface area (Å²) in [5.74, 6) is 1.64. The highest BCUT2D eigenvalue weighted by atomic mass is 79.9. The first-order valence-electron chi connectivity index (χ1n) is 14.5. The first-order valence-corrected chi connectivity index (χ1v) is 16.8. The third-order valence-electron chi connectivity index (χ3n) is 8.13. The molecule has 3 heterocycles. The van der Waals surface area contributed by atoms with Gasteiger partial charge < -0.3 is 14.8 Å². The Labute approximate surface area is 265 Å². The Morgan fingerprint density at radius 1 is 1.11 bits per heavy atom. The van der Waals surface area contributed by atoms with Gasteiger partial charge in [-0.1, -0.05) is 12.1 Å². The monoisotopic (exact) mass is 683 g/mol. The predicted octanol–water partition coefficient (Wildman–Crippen LogP) is 7.11. The summed E-state index contributed by atoms with van der Waals surface area (Å²) in [5, 5.41) is 8.19. The van der Waals surface area contributed by atoms with Crippen molar-refractivity contribution in [3.63, 3.8) is 0 Å². The molecular formula is C32H35BrFN5O4S. The van der Waals surface area contributed by atoms with Crippen LogP contribution in [0.4, 0.5) is 15.9 Å². The summed E-state index contributed by atoms with van der Waals surface area (Å²) >= 11 is 3.52. The average Bonchev–Trinajstić information content (AvgIpc) is 3.69. The molecule has 4 aromatic rings. The second-order valence-corrected chi connectivity index (χ2v) is 15.0. The van der Waals surface area contributed by atoms with Gasteiger partial charge in [0.2, 0.25) is 10.0 Å². The van der Waals surface area contributed by atoms with Gasteiger partial charge in [0.1, 0.15) is 11.6 Å². The number of methoxy groups -OCH3 is 1. The standard InChI is InChI=1S/C32H35BrFN5O4S/c1-32(2,3)39-30(16-27(37-39)21-7-10-23(15-21)43-28-17-35-14-13-25(28)33)36-26-11-12-29-24(31(26)34)19-38(44(29,40)41)18-20-5-8-22(42-4)9-6-20/h5-6,8-9,11-14,16-17,21,23,36H,7,10,15,18-19H2,1-4H3. The summed E-state index contributed by atoms with van der Waals surface area (Å²) in [5.41, 5.74) is 1.67. The minimum absolute atomic E-state index is 0.00340. The Balaban J connectivity index is 1.22. The molecule has 0 amide bonds. The number of hydrogen-bond donors (Lipinski definition) is 1. The highest BCUT2D eigenvalue weighted by Crippen LogP contribution is 2.41. The van der Waals surface area contributed by atoms with Gasteiger partial charge in [-0.15, -0.1) is 0 Å². The fourth-order valence-corrected chi connectivity index (χ4v) is 7.76. The van der Waals surface area contributed by atoms with Crippen LogP contribution in [0.2, 0.25) is 0 Å². The lowest BCUT2D eigenvalue weighted by atomic mass is 10.0. The molecule has 9 nitrogen and oxygen atoms in total. The predicted molar refractivity (Wildman–Crippen MR) is 169 cm³/mol. The van der Waals surface area contributed by atoms with E-state index in [1.807, 2.05) is 49.7 Å². The van der Waals surface area contributed by atoms with Crippen molar-refractivity contribution >= 4 is 37.5 Å². The number of nitrogens with zero attached hydrogens (tertiary/aromatic N) is 4. The van der Waals surface area contributed by atoms with Crippen molar-refractivity contribution in [2.75, 3.05) is 12.4 Å². The van der Waals surface area contributed by atoms with Gasteiger partial charge in [-0.05, 0) is 91.9 Å². The summed E-state index contributed by atoms with van der Waals surface area (Å²) in [4.78, 5) is 4.16. The highest BCUT2D eigenvalue weighted by molar-refractivity contribution is 9.10. The zero-order valence-electron chi connectivity index (χ0n) is 25.0. The van der Waals surface area contributed by atoms with E-state index in [1.165, 1.54) is 16.4 Å². The zero-order valence-corrected chi connectivity index (χ0v) is 27.5. The first-order chi connectivity index (χ1) is 20.9. The Kier molecular flexibility index (Phi) is 8.18. The average molecular weight is 685 g/mol. The van der Waals surface area contributed by atoms with E-state index in [-0.39, 0.29) is 46.8 Å². The summed E-state index contributed by atoms with van der Waals surface area (Å²) in [7, 11) is -2.27. The Morgan fingerprint density at radius 3 is 2.59 bits per heavy atom. The maximum absolute atomic E-state index is 16.0. The minimum Gasteiger partial charge on any atom is -0.497 e. The second kappa shape index (κ2) is 11.8. The summed E-state index contributed by atoms with van der Waals surface area (Å²) in [6.07, 6.45) is 6.06. The molecule has 2 aliphatic rings. The molecule has 0 saturated heterocycles. The highest BCUT2D eigenvalue weighted by Gasteiger charge is 2.38. The molecule has 0 bridgehead atoms. The van der Waals surface area contributed by atoms with E-state index >= 15 is 4.39 Å². The molecule has 1 aliphatic carbocycles. The van der Waals surface area contributed by atoms with Crippen molar-refractivity contribution < 1.29 is 22.3 Å². The minimum atomic E-state index is -3.84. The molecule has 232 valence electrons. The van der Waals surface area contributed by atoms with Crippen LogP contribution >= 0.6 is 15.9 Å². The molecule has 1 aliphatic heterocycles. The van der Waals surface area contributed by atoms with Crippen LogP contribution in [0.15, 0.2) is 70.3 Å². The van der Waals surface area contributed by atoms with Crippen LogP contribution in [-0.4, -0.2) is 40.7 Å². The van der Waals surface area contributed by atoms with Crippen LogP contribution in [0.1, 0.15) is 62.8 Å². The van der Waals surface area contributed by atoms with Gasteiger partial charge in [0.05, 0.1) is 45.7 Å². The number of pyridine rings is 1. The van der Waals surface area contributed by atoms with E-state index in [2.05, 4.69) is 26.2 Å². The molecule has 1 fully saturated rings. The number of aromatic nitrogens is 3. The SMILES string of the molecule is COc1ccc(CN2Cc3c(ccc(Nc4cc(C5CCC(Oc6cnccc6Br)C5)nn4C(C)(C)C)c3F)S2(=O)=O)cc1.